The van der Waals surface area contributed by atoms with E-state index in [2.05, 4.69) is 15.5 Å². The molecule has 2 aliphatic heterocycles. The van der Waals surface area contributed by atoms with Crippen molar-refractivity contribution in [3.63, 3.8) is 0 Å². The van der Waals surface area contributed by atoms with Gasteiger partial charge in [0.2, 0.25) is 0 Å². The van der Waals surface area contributed by atoms with Crippen LogP contribution in [0.15, 0.2) is 51.9 Å². The van der Waals surface area contributed by atoms with Gasteiger partial charge in [0.05, 0.1) is 11.1 Å². The molecule has 1 aromatic heterocycles. The number of rotatable bonds is 12. The van der Waals surface area contributed by atoms with Crippen LogP contribution in [0.5, 0.6) is 0 Å². The van der Waals surface area contributed by atoms with Crippen molar-refractivity contribution >= 4 is 41.0 Å². The molecule has 3 N–H and O–H groups in total. The van der Waals surface area contributed by atoms with E-state index in [-0.39, 0.29) is 23.0 Å². The van der Waals surface area contributed by atoms with E-state index in [1.54, 1.807) is 41.9 Å². The van der Waals surface area contributed by atoms with Gasteiger partial charge in [0, 0.05) is 67.2 Å². The molecule has 2 aliphatic rings. The maximum Gasteiger partial charge on any atom is 0.257 e. The highest BCUT2D eigenvalue weighted by Gasteiger charge is 2.31. The Morgan fingerprint density at radius 3 is 2.76 bits per heavy atom. The summed E-state index contributed by atoms with van der Waals surface area (Å²) in [5.74, 6) is 0.369. The second-order valence-corrected chi connectivity index (χ2v) is 13.0. The molecule has 1 aromatic carbocycles. The largest absolute Gasteiger partial charge is 0.394 e. The third kappa shape index (κ3) is 9.82. The van der Waals surface area contributed by atoms with Crippen LogP contribution < -0.4 is 16.1 Å². The second kappa shape index (κ2) is 17.3. The standard InChI is InChI=1S/C29H39ClN4O3S2.C2H6/c1-31-13-15-38-19-23(35)10-9-22-4-3-14-34(22)17-24-11-12-25-27(36)26(18-33(2)29(25)39-24)28(37)32-16-20-5-7-21(30)8-6-20;1-2/h5-8,13,15,18,22-24,31,35H,3-4,9-12,14,16-17,19H2,1-2H3,(H,32,37);1-2H3/b15-13-;. The van der Waals surface area contributed by atoms with Crippen LogP contribution in [0.25, 0.3) is 0 Å². The number of carbonyl (C=O) groups excluding carboxylic acids is 1. The summed E-state index contributed by atoms with van der Waals surface area (Å²) in [7, 11) is 3.79. The van der Waals surface area contributed by atoms with Crippen LogP contribution in [0.2, 0.25) is 5.02 Å². The lowest BCUT2D eigenvalue weighted by molar-refractivity contribution is 0.0948. The molecular formula is C31H45ClN4O3S2. The van der Waals surface area contributed by atoms with Gasteiger partial charge in [0.1, 0.15) is 5.56 Å². The van der Waals surface area contributed by atoms with Crippen LogP contribution in [0.1, 0.15) is 67.4 Å². The number of likely N-dealkylation sites (tertiary alicyclic amines) is 1. The summed E-state index contributed by atoms with van der Waals surface area (Å²) < 4.78 is 1.95. The molecule has 10 heteroatoms. The van der Waals surface area contributed by atoms with Crippen LogP contribution in [0.4, 0.5) is 0 Å². The number of pyridine rings is 1. The molecule has 0 spiro atoms. The molecule has 4 rings (SSSR count). The SMILES string of the molecule is CC.CN/C=C\SCC(O)CCC1CCCN1CC1CCc2c(n(C)cc(C(=O)NCc3ccc(Cl)cc3)c2=O)S1. The lowest BCUT2D eigenvalue weighted by atomic mass is 10.0. The Hall–Kier alpha value is -1.91. The number of amides is 1. The Morgan fingerprint density at radius 2 is 2.02 bits per heavy atom. The molecule has 3 heterocycles. The number of nitrogens with one attached hydrogen (secondary N) is 2. The topological polar surface area (TPSA) is 86.6 Å². The van der Waals surface area contributed by atoms with Crippen LogP contribution in [0, 0.1) is 0 Å². The highest BCUT2D eigenvalue weighted by atomic mass is 35.5. The average Bonchev–Trinajstić information content (AvgIpc) is 3.43. The first-order chi connectivity index (χ1) is 19.9. The Bertz CT molecular complexity index is 1210. The van der Waals surface area contributed by atoms with Gasteiger partial charge in [-0.1, -0.05) is 37.6 Å². The summed E-state index contributed by atoms with van der Waals surface area (Å²) >= 11 is 9.34. The van der Waals surface area contributed by atoms with E-state index in [9.17, 15) is 14.7 Å². The van der Waals surface area contributed by atoms with E-state index < -0.39 is 0 Å². The summed E-state index contributed by atoms with van der Waals surface area (Å²) in [5, 5.41) is 20.2. The predicted octanol–water partition coefficient (Wildman–Crippen LogP) is 5.43. The summed E-state index contributed by atoms with van der Waals surface area (Å²) in [6.07, 6.45) is 9.08. The van der Waals surface area contributed by atoms with Crippen molar-refractivity contribution in [1.29, 1.82) is 0 Å². The molecule has 226 valence electrons. The van der Waals surface area contributed by atoms with E-state index in [0.29, 0.717) is 29.3 Å². The summed E-state index contributed by atoms with van der Waals surface area (Å²) in [4.78, 5) is 28.7. The van der Waals surface area contributed by atoms with Crippen LogP contribution in [-0.4, -0.2) is 63.8 Å². The molecule has 1 amide bonds. The molecule has 1 saturated heterocycles. The van der Waals surface area contributed by atoms with Crippen molar-refractivity contribution in [3.05, 3.63) is 74.0 Å². The maximum atomic E-state index is 13.3. The number of nitrogens with zero attached hydrogens (tertiary/aromatic N) is 2. The lowest BCUT2D eigenvalue weighted by Crippen LogP contribution is -2.38. The van der Waals surface area contributed by atoms with Crippen molar-refractivity contribution in [3.8, 4) is 0 Å². The van der Waals surface area contributed by atoms with Crippen molar-refractivity contribution in [1.82, 2.24) is 20.1 Å². The number of aliphatic hydroxyl groups is 1. The molecular weight excluding hydrogens is 576 g/mol. The molecule has 41 heavy (non-hydrogen) atoms. The quantitative estimate of drug-likeness (QED) is 0.292. The average molecular weight is 621 g/mol. The number of aromatic nitrogens is 1. The third-order valence-corrected chi connectivity index (χ3v) is 10.0. The van der Waals surface area contributed by atoms with E-state index >= 15 is 0 Å². The van der Waals surface area contributed by atoms with Gasteiger partial charge in [0.15, 0.2) is 5.43 Å². The first-order valence-corrected chi connectivity index (χ1v) is 16.9. The molecule has 0 saturated carbocycles. The molecule has 3 atom stereocenters. The number of benzene rings is 1. The zero-order valence-corrected chi connectivity index (χ0v) is 27.1. The number of carbonyl (C=O) groups is 1. The van der Waals surface area contributed by atoms with Gasteiger partial charge in [-0.25, -0.2) is 0 Å². The fourth-order valence-corrected chi connectivity index (χ4v) is 7.56. The predicted molar refractivity (Wildman–Crippen MR) is 174 cm³/mol. The van der Waals surface area contributed by atoms with Gasteiger partial charge in [-0.2, -0.15) is 0 Å². The number of hydrogen-bond acceptors (Lipinski definition) is 7. The fraction of sp³-hybridized carbons (Fsp3) is 0.548. The van der Waals surface area contributed by atoms with Gasteiger partial charge in [0.25, 0.3) is 5.91 Å². The molecule has 0 bridgehead atoms. The Morgan fingerprint density at radius 1 is 1.27 bits per heavy atom. The van der Waals surface area contributed by atoms with Crippen LogP contribution in [0.3, 0.4) is 0 Å². The minimum Gasteiger partial charge on any atom is -0.394 e. The molecule has 3 unspecified atom stereocenters. The zero-order valence-electron chi connectivity index (χ0n) is 24.7. The summed E-state index contributed by atoms with van der Waals surface area (Å²) in [5.41, 5.74) is 1.72. The molecule has 0 aliphatic carbocycles. The van der Waals surface area contributed by atoms with Crippen molar-refractivity contribution < 1.29 is 9.90 Å². The minimum absolute atomic E-state index is 0.155. The first kappa shape index (κ1) is 33.6. The number of aryl methyl sites for hydroxylation is 1. The summed E-state index contributed by atoms with van der Waals surface area (Å²) in [6.45, 7) is 6.42. The van der Waals surface area contributed by atoms with Gasteiger partial charge < -0.3 is 20.3 Å². The fourth-order valence-electron chi connectivity index (χ4n) is 5.33. The first-order valence-electron chi connectivity index (χ1n) is 14.6. The molecule has 1 fully saturated rings. The minimum atomic E-state index is -0.348. The van der Waals surface area contributed by atoms with Crippen LogP contribution >= 0.6 is 35.1 Å². The zero-order chi connectivity index (χ0) is 29.8. The van der Waals surface area contributed by atoms with E-state index in [1.165, 1.54) is 12.8 Å². The van der Waals surface area contributed by atoms with Crippen molar-refractivity contribution in [2.24, 2.45) is 7.05 Å². The highest BCUT2D eigenvalue weighted by molar-refractivity contribution is 8.02. The molecule has 0 radical (unpaired) electrons. The van der Waals surface area contributed by atoms with Gasteiger partial charge in [-0.05, 0) is 68.2 Å². The third-order valence-electron chi connectivity index (χ3n) is 7.42. The Labute approximate surface area is 258 Å². The Kier molecular flexibility index (Phi) is 14.1. The summed E-state index contributed by atoms with van der Waals surface area (Å²) in [6, 6.07) is 7.80. The van der Waals surface area contributed by atoms with Gasteiger partial charge in [-0.3, -0.25) is 14.5 Å². The monoisotopic (exact) mass is 620 g/mol. The van der Waals surface area contributed by atoms with E-state index in [4.69, 9.17) is 11.6 Å². The normalized spacial score (nSPS) is 19.4. The van der Waals surface area contributed by atoms with Crippen molar-refractivity contribution in [2.75, 3.05) is 25.9 Å². The molecule has 7 nitrogen and oxygen atoms in total. The number of thioether (sulfide) groups is 2. The van der Waals surface area contributed by atoms with E-state index in [0.717, 1.165) is 54.3 Å². The lowest BCUT2D eigenvalue weighted by Gasteiger charge is -2.32. The van der Waals surface area contributed by atoms with Crippen molar-refractivity contribution in [2.45, 2.75) is 81.3 Å². The number of aliphatic hydroxyl groups excluding tert-OH is 1. The Balaban J connectivity index is 0.00000226. The second-order valence-electron chi connectivity index (χ2n) is 10.3. The van der Waals surface area contributed by atoms with Crippen LogP contribution in [-0.2, 0) is 20.0 Å². The van der Waals surface area contributed by atoms with Gasteiger partial charge >= 0.3 is 0 Å². The van der Waals surface area contributed by atoms with E-state index in [1.807, 2.05) is 56.3 Å². The smallest absolute Gasteiger partial charge is 0.257 e. The maximum absolute atomic E-state index is 13.3. The number of hydrogen-bond donors (Lipinski definition) is 3. The molecule has 2 aromatic rings. The number of fused-ring (bicyclic) bond motifs is 1. The van der Waals surface area contributed by atoms with Gasteiger partial charge in [-0.15, -0.1) is 23.5 Å². The number of halogens is 1. The highest BCUT2D eigenvalue weighted by Crippen LogP contribution is 2.36.